The summed E-state index contributed by atoms with van der Waals surface area (Å²) in [5.74, 6) is -0.380. The van der Waals surface area contributed by atoms with Gasteiger partial charge in [-0.05, 0) is 75.0 Å². The van der Waals surface area contributed by atoms with Gasteiger partial charge in [0.1, 0.15) is 11.9 Å². The summed E-state index contributed by atoms with van der Waals surface area (Å²) < 4.78 is 51.9. The van der Waals surface area contributed by atoms with Gasteiger partial charge in [0.25, 0.3) is 0 Å². The number of thioether (sulfide) groups is 1. The molecule has 2 saturated heterocycles. The summed E-state index contributed by atoms with van der Waals surface area (Å²) in [5, 5.41) is 22.7. The summed E-state index contributed by atoms with van der Waals surface area (Å²) in [5.41, 5.74) is 0.394. The molecule has 0 aliphatic carbocycles. The number of halogens is 2. The van der Waals surface area contributed by atoms with E-state index in [9.17, 15) is 9.50 Å². The highest BCUT2D eigenvalue weighted by Crippen LogP contribution is 2.43. The number of fused-ring (bicyclic) bond motifs is 2. The Kier molecular flexibility index (Phi) is 5.45. The molecule has 4 atom stereocenters. The third kappa shape index (κ3) is 4.52. The first-order valence-electron chi connectivity index (χ1n) is 13.3. The van der Waals surface area contributed by atoms with Gasteiger partial charge in [0, 0.05) is 28.3 Å². The van der Waals surface area contributed by atoms with Gasteiger partial charge < -0.3 is 15.3 Å². The van der Waals surface area contributed by atoms with E-state index in [4.69, 9.17) is 4.11 Å². The Morgan fingerprint density at radius 3 is 2.75 bits per heavy atom. The molecule has 5 rings (SSSR count). The predicted molar refractivity (Wildman–Crippen MR) is 137 cm³/mol. The molecule has 190 valence electrons. The quantitative estimate of drug-likeness (QED) is 0.363. The normalized spacial score (nSPS) is 29.2. The lowest BCUT2D eigenvalue weighted by molar-refractivity contribution is 0.00193. The van der Waals surface area contributed by atoms with Crippen LogP contribution >= 0.6 is 11.8 Å². The smallest absolute Gasteiger partial charge is 0.214 e. The van der Waals surface area contributed by atoms with Gasteiger partial charge >= 0.3 is 0 Å². The lowest BCUT2D eigenvalue weighted by Gasteiger charge is -2.56. The summed E-state index contributed by atoms with van der Waals surface area (Å²) in [6.07, 6.45) is 1.44. The number of nitrogens with one attached hydrogen (secondary N) is 1. The van der Waals surface area contributed by atoms with E-state index in [-0.39, 0.29) is 28.2 Å². The van der Waals surface area contributed by atoms with Crippen molar-refractivity contribution < 1.29 is 18.0 Å². The molecule has 1 aromatic carbocycles. The lowest BCUT2D eigenvalue weighted by Crippen LogP contribution is -2.72. The standard InChI is InChI=1S/C26H30F2N6OS/c1-25-8-5-9-26(2,33-25)23(28)18(13-25)34(3)21-14-29-24(32-31-21)17-7-6-15(10-19(17)35)16-11-20(27)30-22(12-16)36-4/h6-7,10-12,14,18,23,33,35H,5,8-9,13H2,1-4H3/t18-,23-,25-,26+/m0/s1/i4D3. The molecule has 36 heavy (non-hydrogen) atoms. The van der Waals surface area contributed by atoms with Crippen LogP contribution in [0.5, 0.6) is 5.75 Å². The number of phenolic OH excluding ortho intramolecular Hbond substituents is 1. The second kappa shape index (κ2) is 9.23. The molecule has 0 spiro atoms. The van der Waals surface area contributed by atoms with Crippen LogP contribution < -0.4 is 10.2 Å². The number of pyridine rings is 1. The minimum Gasteiger partial charge on any atom is -0.507 e. The molecule has 0 radical (unpaired) electrons. The van der Waals surface area contributed by atoms with Crippen molar-refractivity contribution in [2.75, 3.05) is 18.1 Å². The molecule has 2 bridgehead atoms. The molecule has 0 amide bonds. The number of anilines is 1. The zero-order valence-electron chi connectivity index (χ0n) is 23.3. The maximum absolute atomic E-state index is 15.7. The van der Waals surface area contributed by atoms with E-state index >= 15 is 4.39 Å². The summed E-state index contributed by atoms with van der Waals surface area (Å²) in [7, 11) is 1.80. The fraction of sp³-hybridized carbons (Fsp3) is 0.462. The third-order valence-corrected chi connectivity index (χ3v) is 7.89. The van der Waals surface area contributed by atoms with E-state index in [1.54, 1.807) is 24.1 Å². The molecule has 4 heterocycles. The second-order valence-corrected chi connectivity index (χ2v) is 10.9. The SMILES string of the molecule is [2H]C([2H])([2H])Sc1cc(-c2ccc(-c3ncc(N(C)[C@H]4C[C@]5(C)CCC[C@@](C)(N5)[C@H]4F)nn3)c(O)c2)cc(F)n1. The van der Waals surface area contributed by atoms with Crippen molar-refractivity contribution in [1.29, 1.82) is 0 Å². The molecule has 2 N–H and O–H groups in total. The van der Waals surface area contributed by atoms with Crippen LogP contribution in [0.15, 0.2) is 41.6 Å². The average Bonchev–Trinajstić information content (AvgIpc) is 2.84. The molecule has 0 unspecified atom stereocenters. The summed E-state index contributed by atoms with van der Waals surface area (Å²) in [6.45, 7) is 4.09. The highest BCUT2D eigenvalue weighted by atomic mass is 32.2. The van der Waals surface area contributed by atoms with Crippen molar-refractivity contribution in [3.63, 3.8) is 0 Å². The number of hydrogen-bond acceptors (Lipinski definition) is 8. The Bertz CT molecular complexity index is 1380. The average molecular weight is 516 g/mol. The van der Waals surface area contributed by atoms with Gasteiger partial charge in [-0.15, -0.1) is 22.0 Å². The Hall–Kier alpha value is -2.85. The molecule has 2 aromatic heterocycles. The monoisotopic (exact) mass is 515 g/mol. The summed E-state index contributed by atoms with van der Waals surface area (Å²) in [4.78, 5) is 9.81. The second-order valence-electron chi connectivity index (χ2n) is 10.2. The maximum Gasteiger partial charge on any atom is 0.214 e. The Labute approximate surface area is 218 Å². The number of hydrogen-bond donors (Lipinski definition) is 2. The zero-order valence-corrected chi connectivity index (χ0v) is 21.1. The number of aromatic nitrogens is 4. The maximum atomic E-state index is 15.7. The summed E-state index contributed by atoms with van der Waals surface area (Å²) >= 11 is 0.473. The van der Waals surface area contributed by atoms with Gasteiger partial charge in [-0.3, -0.25) is 0 Å². The van der Waals surface area contributed by atoms with Crippen LogP contribution in [-0.4, -0.2) is 61.8 Å². The van der Waals surface area contributed by atoms with Crippen LogP contribution in [0.1, 0.15) is 43.6 Å². The van der Waals surface area contributed by atoms with Gasteiger partial charge in [-0.25, -0.2) is 14.4 Å². The van der Waals surface area contributed by atoms with E-state index < -0.39 is 23.8 Å². The number of phenols is 1. The number of alkyl halides is 1. The first kappa shape index (κ1) is 21.3. The number of piperidine rings is 2. The number of nitrogens with zero attached hydrogens (tertiary/aromatic N) is 5. The Balaban J connectivity index is 1.36. The molecule has 10 heteroatoms. The van der Waals surface area contributed by atoms with E-state index in [1.165, 1.54) is 18.3 Å². The molecule has 3 aromatic rings. The van der Waals surface area contributed by atoms with E-state index in [0.29, 0.717) is 40.7 Å². The minimum atomic E-state index is -2.37. The van der Waals surface area contributed by atoms with Crippen molar-refractivity contribution in [2.24, 2.45) is 0 Å². The Morgan fingerprint density at radius 2 is 2.03 bits per heavy atom. The van der Waals surface area contributed by atoms with Gasteiger partial charge in [0.2, 0.25) is 5.95 Å². The first-order valence-corrected chi connectivity index (χ1v) is 12.6. The van der Waals surface area contributed by atoms with Gasteiger partial charge in [0.05, 0.1) is 22.8 Å². The first-order chi connectivity index (χ1) is 18.3. The van der Waals surface area contributed by atoms with Crippen molar-refractivity contribution in [1.82, 2.24) is 25.5 Å². The van der Waals surface area contributed by atoms with E-state index in [2.05, 4.69) is 32.4 Å². The number of rotatable bonds is 5. The van der Waals surface area contributed by atoms with Crippen molar-refractivity contribution in [3.8, 4) is 28.3 Å². The highest BCUT2D eigenvalue weighted by molar-refractivity contribution is 7.98. The zero-order chi connectivity index (χ0) is 28.2. The molecular formula is C26H30F2N6OS. The molecule has 7 nitrogen and oxygen atoms in total. The molecule has 0 saturated carbocycles. The Morgan fingerprint density at radius 1 is 1.19 bits per heavy atom. The van der Waals surface area contributed by atoms with Crippen LogP contribution in [0.25, 0.3) is 22.5 Å². The molecular weight excluding hydrogens is 482 g/mol. The minimum absolute atomic E-state index is 0.0108. The number of aromatic hydroxyl groups is 1. The van der Waals surface area contributed by atoms with E-state index in [0.717, 1.165) is 25.3 Å². The fourth-order valence-electron chi connectivity index (χ4n) is 5.66. The molecule has 2 fully saturated rings. The van der Waals surface area contributed by atoms with Crippen LogP contribution in [0.2, 0.25) is 0 Å². The lowest BCUT2D eigenvalue weighted by atomic mass is 9.68. The van der Waals surface area contributed by atoms with Gasteiger partial charge in [0.15, 0.2) is 11.6 Å². The van der Waals surface area contributed by atoms with Crippen LogP contribution in [0.3, 0.4) is 0 Å². The van der Waals surface area contributed by atoms with Crippen LogP contribution in [0, 0.1) is 5.95 Å². The van der Waals surface area contributed by atoms with Crippen LogP contribution in [0.4, 0.5) is 14.6 Å². The van der Waals surface area contributed by atoms with Crippen molar-refractivity contribution in [3.05, 3.63) is 42.5 Å². The van der Waals surface area contributed by atoms with E-state index in [1.807, 2.05) is 6.92 Å². The molecule has 2 aliphatic heterocycles. The largest absolute Gasteiger partial charge is 0.507 e. The van der Waals surface area contributed by atoms with Gasteiger partial charge in [-0.1, -0.05) is 6.07 Å². The van der Waals surface area contributed by atoms with Crippen LogP contribution in [-0.2, 0) is 0 Å². The highest BCUT2D eigenvalue weighted by Gasteiger charge is 2.53. The van der Waals surface area contributed by atoms with Gasteiger partial charge in [-0.2, -0.15) is 4.39 Å². The third-order valence-electron chi connectivity index (χ3n) is 7.47. The predicted octanol–water partition coefficient (Wildman–Crippen LogP) is 5.00. The van der Waals surface area contributed by atoms with Crippen molar-refractivity contribution in [2.45, 2.75) is 67.8 Å². The fourth-order valence-corrected chi connectivity index (χ4v) is 5.98. The number of benzene rings is 1. The topological polar surface area (TPSA) is 87.1 Å². The summed E-state index contributed by atoms with van der Waals surface area (Å²) in [6, 6.07) is 6.86. The van der Waals surface area contributed by atoms with Crippen molar-refractivity contribution >= 4 is 17.6 Å². The molecule has 2 aliphatic rings.